The van der Waals surface area contributed by atoms with E-state index in [0.29, 0.717) is 38.8 Å². The van der Waals surface area contributed by atoms with Crippen molar-refractivity contribution in [2.75, 3.05) is 10.2 Å². The molecule has 0 radical (unpaired) electrons. The van der Waals surface area contributed by atoms with Gasteiger partial charge in [-0.25, -0.2) is 14.7 Å². The molecule has 0 saturated heterocycles. The fourth-order valence-corrected chi connectivity index (χ4v) is 5.85. The minimum atomic E-state index is -0.501. The van der Waals surface area contributed by atoms with E-state index in [1.165, 1.54) is 6.07 Å². The van der Waals surface area contributed by atoms with E-state index in [2.05, 4.69) is 10.2 Å². The molecule has 11 heteroatoms. The maximum atomic E-state index is 11.8. The first-order chi connectivity index (χ1) is 20.4. The number of nitro groups is 1. The molecule has 0 unspecified atom stereocenters. The summed E-state index contributed by atoms with van der Waals surface area (Å²) in [7, 11) is 0. The number of anilines is 2. The maximum Gasteiger partial charge on any atom is 0.269 e. The van der Waals surface area contributed by atoms with Gasteiger partial charge in [-0.05, 0) is 55.0 Å². The second-order valence-electron chi connectivity index (χ2n) is 9.83. The highest BCUT2D eigenvalue weighted by molar-refractivity contribution is 6.52. The van der Waals surface area contributed by atoms with Crippen molar-refractivity contribution in [3.63, 3.8) is 0 Å². The molecule has 0 fully saturated rings. The van der Waals surface area contributed by atoms with Gasteiger partial charge in [0, 0.05) is 22.7 Å². The van der Waals surface area contributed by atoms with Gasteiger partial charge in [-0.2, -0.15) is 5.10 Å². The van der Waals surface area contributed by atoms with E-state index in [-0.39, 0.29) is 10.6 Å². The summed E-state index contributed by atoms with van der Waals surface area (Å²) in [5, 5.41) is 21.0. The van der Waals surface area contributed by atoms with Crippen LogP contribution < -0.4 is 10.2 Å². The summed E-state index contributed by atoms with van der Waals surface area (Å²) in [5.74, 6) is 1.58. The highest BCUT2D eigenvalue weighted by Gasteiger charge is 2.42. The molecule has 9 nitrogen and oxygen atoms in total. The van der Waals surface area contributed by atoms with Gasteiger partial charge >= 0.3 is 0 Å². The van der Waals surface area contributed by atoms with Crippen LogP contribution in [0, 0.1) is 17.0 Å². The highest BCUT2D eigenvalue weighted by Crippen LogP contribution is 2.48. The fraction of sp³-hybridized carbons (Fsp3) is 0.0645. The van der Waals surface area contributed by atoms with Gasteiger partial charge in [-0.15, -0.1) is 0 Å². The fourth-order valence-electron chi connectivity index (χ4n) is 5.40. The number of non-ortho nitro benzene ring substituents is 1. The van der Waals surface area contributed by atoms with Crippen LogP contribution in [0.3, 0.4) is 0 Å². The molecule has 42 heavy (non-hydrogen) atoms. The zero-order valence-electron chi connectivity index (χ0n) is 22.1. The summed E-state index contributed by atoms with van der Waals surface area (Å²) >= 11 is 12.7. The number of aromatic nitrogens is 2. The van der Waals surface area contributed by atoms with E-state index in [9.17, 15) is 10.1 Å². The molecule has 2 aliphatic rings. The molecule has 206 valence electrons. The number of aliphatic imine (C=N–C) groups is 2. The molecule has 5 aromatic rings. The smallest absolute Gasteiger partial charge is 0.269 e. The molecule has 1 aromatic heterocycles. The first kappa shape index (κ1) is 25.9. The normalized spacial score (nSPS) is 16.3. The third-order valence-corrected chi connectivity index (χ3v) is 7.76. The summed E-state index contributed by atoms with van der Waals surface area (Å²) in [5.41, 5.74) is 5.29. The Balaban J connectivity index is 1.54. The van der Waals surface area contributed by atoms with Gasteiger partial charge < -0.3 is 10.2 Å². The number of para-hydroxylation sites is 3. The Bertz CT molecular complexity index is 1950. The van der Waals surface area contributed by atoms with Crippen molar-refractivity contribution in [3.05, 3.63) is 134 Å². The molecule has 2 aliphatic heterocycles. The molecule has 1 atom stereocenters. The van der Waals surface area contributed by atoms with Crippen LogP contribution in [-0.2, 0) is 0 Å². The molecule has 0 saturated carbocycles. The van der Waals surface area contributed by atoms with Crippen LogP contribution in [0.2, 0.25) is 10.0 Å². The number of fused-ring (bicyclic) bond motifs is 4. The number of nitrogens with zero attached hydrogens (tertiary/aromatic N) is 6. The number of nitrogens with one attached hydrogen (secondary N) is 1. The number of halogens is 2. The first-order valence-electron chi connectivity index (χ1n) is 13.1. The van der Waals surface area contributed by atoms with Gasteiger partial charge in [0.1, 0.15) is 0 Å². The Morgan fingerprint density at radius 1 is 0.952 bits per heavy atom. The summed E-state index contributed by atoms with van der Waals surface area (Å²) in [6.07, 6.45) is 0. The third-order valence-electron chi connectivity index (χ3n) is 7.22. The van der Waals surface area contributed by atoms with E-state index in [0.717, 1.165) is 28.3 Å². The predicted molar refractivity (Wildman–Crippen MR) is 166 cm³/mol. The van der Waals surface area contributed by atoms with Crippen molar-refractivity contribution in [3.8, 4) is 5.69 Å². The van der Waals surface area contributed by atoms with Gasteiger partial charge in [0.05, 0.1) is 44.4 Å². The minimum Gasteiger partial charge on any atom is -0.335 e. The standard InChI is InChI=1S/C31H21Cl2N7O2/c1-18-27-28(19-8-7-11-22(16-19)40(41)42)38-26-13-6-5-12-25(26)35-29(34-24-15-14-20(32)17-23(24)33)31(38)36-30(27)39(37-18)21-9-3-2-4-10-21/h2-17,28H,1H3,(H,34,35)/t28-/m1/s1. The molecular formula is C31H21Cl2N7O2. The Kier molecular flexibility index (Phi) is 6.26. The first-order valence-corrected chi connectivity index (χ1v) is 13.8. The quantitative estimate of drug-likeness (QED) is 0.167. The lowest BCUT2D eigenvalue weighted by atomic mass is 9.93. The molecule has 0 spiro atoms. The average Bonchev–Trinajstić information content (AvgIpc) is 3.33. The van der Waals surface area contributed by atoms with Gasteiger partial charge in [-0.3, -0.25) is 10.1 Å². The lowest BCUT2D eigenvalue weighted by molar-refractivity contribution is -0.384. The SMILES string of the molecule is Cc1nn(-c2ccccc2)c2c1[C@@H](c1cccc([N+](=O)[O-])c1)N1C(=N2)C(=Nc2ccc(Cl)cc2Cl)Nc2ccccc21. The molecule has 0 amide bonds. The monoisotopic (exact) mass is 593 g/mol. The zero-order valence-corrected chi connectivity index (χ0v) is 23.6. The molecular weight excluding hydrogens is 573 g/mol. The second-order valence-corrected chi connectivity index (χ2v) is 10.7. The number of amidine groups is 2. The largest absolute Gasteiger partial charge is 0.335 e. The Morgan fingerprint density at radius 2 is 1.74 bits per heavy atom. The summed E-state index contributed by atoms with van der Waals surface area (Å²) in [6, 6.07) is 28.8. The Labute approximate surface area is 250 Å². The Morgan fingerprint density at radius 3 is 2.52 bits per heavy atom. The second kappa shape index (κ2) is 10.1. The highest BCUT2D eigenvalue weighted by atomic mass is 35.5. The third kappa shape index (κ3) is 4.30. The minimum absolute atomic E-state index is 0.00327. The van der Waals surface area contributed by atoms with Crippen molar-refractivity contribution in [1.82, 2.24) is 9.78 Å². The number of benzene rings is 4. The summed E-state index contributed by atoms with van der Waals surface area (Å²) < 4.78 is 1.80. The number of hydrogen-bond acceptors (Lipinski definition) is 6. The zero-order chi connectivity index (χ0) is 29.0. The van der Waals surface area contributed by atoms with Gasteiger partial charge in [0.25, 0.3) is 5.69 Å². The topological polar surface area (TPSA) is 101 Å². The van der Waals surface area contributed by atoms with Crippen molar-refractivity contribution in [2.24, 2.45) is 9.98 Å². The maximum absolute atomic E-state index is 11.8. The number of aryl methyl sites for hydroxylation is 1. The number of hydrogen-bond donors (Lipinski definition) is 1. The average molecular weight is 594 g/mol. The summed E-state index contributed by atoms with van der Waals surface area (Å²) in [4.78, 5) is 23.6. The lowest BCUT2D eigenvalue weighted by Crippen LogP contribution is -2.48. The molecule has 4 aromatic carbocycles. The van der Waals surface area contributed by atoms with E-state index in [1.807, 2.05) is 67.6 Å². The number of nitro benzene ring substituents is 1. The summed E-state index contributed by atoms with van der Waals surface area (Å²) in [6.45, 7) is 1.93. The van der Waals surface area contributed by atoms with Gasteiger partial charge in [-0.1, -0.05) is 65.7 Å². The van der Waals surface area contributed by atoms with Crippen LogP contribution in [0.25, 0.3) is 5.69 Å². The van der Waals surface area contributed by atoms with Crippen molar-refractivity contribution in [2.45, 2.75) is 13.0 Å². The number of rotatable bonds is 4. The molecule has 3 heterocycles. The van der Waals surface area contributed by atoms with E-state index < -0.39 is 6.04 Å². The van der Waals surface area contributed by atoms with Crippen LogP contribution >= 0.6 is 23.2 Å². The van der Waals surface area contributed by atoms with Crippen molar-refractivity contribution in [1.29, 1.82) is 0 Å². The van der Waals surface area contributed by atoms with E-state index in [4.69, 9.17) is 38.3 Å². The molecule has 1 N–H and O–H groups in total. The van der Waals surface area contributed by atoms with Gasteiger partial charge in [0.2, 0.25) is 0 Å². The molecule has 0 bridgehead atoms. The van der Waals surface area contributed by atoms with Crippen molar-refractivity contribution >= 4 is 63.4 Å². The Hall–Kier alpha value is -4.99. The lowest BCUT2D eigenvalue weighted by Gasteiger charge is -2.41. The van der Waals surface area contributed by atoms with E-state index >= 15 is 0 Å². The van der Waals surface area contributed by atoms with Crippen LogP contribution in [0.1, 0.15) is 22.9 Å². The molecule has 7 rings (SSSR count). The van der Waals surface area contributed by atoms with Crippen LogP contribution in [0.5, 0.6) is 0 Å². The van der Waals surface area contributed by atoms with Crippen LogP contribution in [0.15, 0.2) is 107 Å². The van der Waals surface area contributed by atoms with Crippen LogP contribution in [0.4, 0.5) is 28.6 Å². The van der Waals surface area contributed by atoms with E-state index in [1.54, 1.807) is 35.0 Å². The van der Waals surface area contributed by atoms with Crippen LogP contribution in [-0.4, -0.2) is 26.4 Å². The predicted octanol–water partition coefficient (Wildman–Crippen LogP) is 8.19. The molecule has 0 aliphatic carbocycles. The van der Waals surface area contributed by atoms with Gasteiger partial charge in [0.15, 0.2) is 17.5 Å². The van der Waals surface area contributed by atoms with Crippen molar-refractivity contribution < 1.29 is 4.92 Å².